The fourth-order valence-corrected chi connectivity index (χ4v) is 6.02. The van der Waals surface area contributed by atoms with Gasteiger partial charge in [-0.25, -0.2) is 15.0 Å². The van der Waals surface area contributed by atoms with E-state index in [1.807, 2.05) is 18.5 Å². The van der Waals surface area contributed by atoms with E-state index in [2.05, 4.69) is 43.4 Å². The number of aromatic nitrogens is 3. The molecule has 2 atom stereocenters. The monoisotopic (exact) mass is 451 g/mol. The van der Waals surface area contributed by atoms with Gasteiger partial charge in [-0.1, -0.05) is 25.3 Å². The van der Waals surface area contributed by atoms with Crippen LogP contribution in [0.25, 0.3) is 21.5 Å². The minimum absolute atomic E-state index is 0.271. The molecule has 2 aliphatic rings. The molecule has 7 heteroatoms. The third-order valence-corrected chi connectivity index (χ3v) is 7.82. The average molecular weight is 452 g/mol. The van der Waals surface area contributed by atoms with Crippen molar-refractivity contribution in [2.24, 2.45) is 11.8 Å². The number of nitrogens with zero attached hydrogens (tertiary/aromatic N) is 4. The lowest BCUT2D eigenvalue weighted by atomic mass is 9.86. The molecule has 170 valence electrons. The standard InChI is InChI=1S/C25H33N5OS/c1-17-28-22(20-9-10-21-23(12-20)32-16-27-21)13-24(29-17)26-14-18-6-5-11-30(15-18)25(31)19-7-3-2-4-8-19/h9-10,12-13,16,18-19,25,31H,2-8,11,14-15H2,1H3,(H,26,28,29). The van der Waals surface area contributed by atoms with Gasteiger partial charge in [-0.2, -0.15) is 0 Å². The highest BCUT2D eigenvalue weighted by molar-refractivity contribution is 7.16. The van der Waals surface area contributed by atoms with Crippen molar-refractivity contribution in [1.82, 2.24) is 19.9 Å². The summed E-state index contributed by atoms with van der Waals surface area (Å²) in [6.45, 7) is 4.80. The summed E-state index contributed by atoms with van der Waals surface area (Å²) in [4.78, 5) is 16.0. The van der Waals surface area contributed by atoms with Crippen LogP contribution in [0.5, 0.6) is 0 Å². The Balaban J connectivity index is 1.23. The van der Waals surface area contributed by atoms with Gasteiger partial charge in [0.25, 0.3) is 0 Å². The molecule has 0 spiro atoms. The summed E-state index contributed by atoms with van der Waals surface area (Å²) in [6.07, 6.45) is 8.30. The van der Waals surface area contributed by atoms with Crippen molar-refractivity contribution in [3.8, 4) is 11.3 Å². The first-order chi connectivity index (χ1) is 15.7. The zero-order valence-corrected chi connectivity index (χ0v) is 19.7. The molecule has 1 aliphatic heterocycles. The highest BCUT2D eigenvalue weighted by atomic mass is 32.1. The molecule has 1 aliphatic carbocycles. The van der Waals surface area contributed by atoms with E-state index >= 15 is 0 Å². The molecule has 3 heterocycles. The third kappa shape index (κ3) is 4.95. The lowest BCUT2D eigenvalue weighted by molar-refractivity contribution is -0.0673. The first-order valence-corrected chi connectivity index (χ1v) is 12.9. The maximum atomic E-state index is 10.9. The number of nitrogens with one attached hydrogen (secondary N) is 1. The van der Waals surface area contributed by atoms with Crippen molar-refractivity contribution in [1.29, 1.82) is 0 Å². The molecule has 6 nitrogen and oxygen atoms in total. The number of rotatable bonds is 6. The van der Waals surface area contributed by atoms with E-state index in [9.17, 15) is 5.11 Å². The summed E-state index contributed by atoms with van der Waals surface area (Å²) in [5, 5.41) is 14.5. The van der Waals surface area contributed by atoms with E-state index in [0.29, 0.717) is 11.8 Å². The highest BCUT2D eigenvalue weighted by Gasteiger charge is 2.30. The minimum Gasteiger partial charge on any atom is -0.378 e. The van der Waals surface area contributed by atoms with Crippen LogP contribution in [0.1, 0.15) is 50.8 Å². The summed E-state index contributed by atoms with van der Waals surface area (Å²) >= 11 is 1.65. The quantitative estimate of drug-likeness (QED) is 0.544. The Morgan fingerprint density at radius 3 is 2.88 bits per heavy atom. The fourth-order valence-electron chi connectivity index (χ4n) is 5.30. The van der Waals surface area contributed by atoms with Crippen LogP contribution in [-0.4, -0.2) is 50.8 Å². The van der Waals surface area contributed by atoms with Crippen molar-refractivity contribution in [2.75, 3.05) is 25.0 Å². The van der Waals surface area contributed by atoms with Crippen molar-refractivity contribution < 1.29 is 5.11 Å². The zero-order valence-electron chi connectivity index (χ0n) is 18.8. The van der Waals surface area contributed by atoms with Gasteiger partial charge in [-0.05, 0) is 56.6 Å². The second-order valence-electron chi connectivity index (χ2n) is 9.42. The Labute approximate surface area is 194 Å². The van der Waals surface area contributed by atoms with Gasteiger partial charge in [0.1, 0.15) is 17.9 Å². The van der Waals surface area contributed by atoms with Crippen molar-refractivity contribution in [3.05, 3.63) is 35.6 Å². The highest BCUT2D eigenvalue weighted by Crippen LogP contribution is 2.30. The normalized spacial score (nSPS) is 21.6. The molecule has 32 heavy (non-hydrogen) atoms. The number of aliphatic hydroxyl groups is 1. The summed E-state index contributed by atoms with van der Waals surface area (Å²) in [5.74, 6) is 2.63. The predicted molar refractivity (Wildman–Crippen MR) is 131 cm³/mol. The van der Waals surface area contributed by atoms with Gasteiger partial charge in [0.15, 0.2) is 0 Å². The van der Waals surface area contributed by atoms with Gasteiger partial charge in [0, 0.05) is 31.3 Å². The van der Waals surface area contributed by atoms with E-state index < -0.39 is 0 Å². The Morgan fingerprint density at radius 2 is 2.00 bits per heavy atom. The molecule has 0 radical (unpaired) electrons. The molecule has 1 saturated carbocycles. The van der Waals surface area contributed by atoms with Gasteiger partial charge in [-0.3, -0.25) is 4.90 Å². The van der Waals surface area contributed by atoms with Gasteiger partial charge in [-0.15, -0.1) is 11.3 Å². The van der Waals surface area contributed by atoms with Crippen molar-refractivity contribution >= 4 is 27.4 Å². The lowest BCUT2D eigenvalue weighted by Crippen LogP contribution is -2.47. The molecular formula is C25H33N5OS. The summed E-state index contributed by atoms with van der Waals surface area (Å²) in [7, 11) is 0. The number of hydrogen-bond donors (Lipinski definition) is 2. The predicted octanol–water partition coefficient (Wildman–Crippen LogP) is 5.08. The van der Waals surface area contributed by atoms with Gasteiger partial charge in [0.05, 0.1) is 21.4 Å². The molecule has 0 bridgehead atoms. The van der Waals surface area contributed by atoms with Gasteiger partial charge in [0.2, 0.25) is 0 Å². The molecule has 2 N–H and O–H groups in total. The zero-order chi connectivity index (χ0) is 21.9. The van der Waals surface area contributed by atoms with E-state index in [-0.39, 0.29) is 6.23 Å². The van der Waals surface area contributed by atoms with Crippen molar-refractivity contribution in [2.45, 2.75) is 58.1 Å². The van der Waals surface area contributed by atoms with Crippen LogP contribution in [0.15, 0.2) is 29.8 Å². The van der Waals surface area contributed by atoms with Crippen LogP contribution in [0.4, 0.5) is 5.82 Å². The molecule has 1 aromatic carbocycles. The number of thiazole rings is 1. The number of aryl methyl sites for hydroxylation is 1. The van der Waals surface area contributed by atoms with E-state index in [1.165, 1.54) is 43.2 Å². The first kappa shape index (κ1) is 21.7. The average Bonchev–Trinajstić information content (AvgIpc) is 3.31. The number of piperidine rings is 1. The van der Waals surface area contributed by atoms with Crippen molar-refractivity contribution in [3.63, 3.8) is 0 Å². The van der Waals surface area contributed by atoms with E-state index in [1.54, 1.807) is 11.3 Å². The Morgan fingerprint density at radius 1 is 1.12 bits per heavy atom. The Hall–Kier alpha value is -2.09. The number of anilines is 1. The maximum Gasteiger partial charge on any atom is 0.130 e. The molecule has 0 amide bonds. The number of likely N-dealkylation sites (tertiary alicyclic amines) is 1. The molecule has 2 unspecified atom stereocenters. The topological polar surface area (TPSA) is 74.2 Å². The first-order valence-electron chi connectivity index (χ1n) is 12.0. The van der Waals surface area contributed by atoms with Crippen LogP contribution in [0.2, 0.25) is 0 Å². The van der Waals surface area contributed by atoms with Crippen LogP contribution in [0, 0.1) is 18.8 Å². The molecule has 2 aromatic heterocycles. The second kappa shape index (κ2) is 9.81. The molecule has 2 fully saturated rings. The number of benzene rings is 1. The number of fused-ring (bicyclic) bond motifs is 1. The van der Waals surface area contributed by atoms with E-state index in [0.717, 1.165) is 54.5 Å². The third-order valence-electron chi connectivity index (χ3n) is 7.03. The summed E-state index contributed by atoms with van der Waals surface area (Å²) in [6, 6.07) is 8.34. The van der Waals surface area contributed by atoms with Crippen LogP contribution < -0.4 is 5.32 Å². The SMILES string of the molecule is Cc1nc(NCC2CCCN(C(O)C3CCCCC3)C2)cc(-c2ccc3ncsc3c2)n1. The molecular weight excluding hydrogens is 418 g/mol. The smallest absolute Gasteiger partial charge is 0.130 e. The van der Waals surface area contributed by atoms with Gasteiger partial charge < -0.3 is 10.4 Å². The summed E-state index contributed by atoms with van der Waals surface area (Å²) in [5.41, 5.74) is 4.94. The van der Waals surface area contributed by atoms with Gasteiger partial charge >= 0.3 is 0 Å². The molecule has 5 rings (SSSR count). The summed E-state index contributed by atoms with van der Waals surface area (Å²) < 4.78 is 1.17. The van der Waals surface area contributed by atoms with Crippen LogP contribution in [0.3, 0.4) is 0 Å². The Kier molecular flexibility index (Phi) is 6.67. The molecule has 3 aromatic rings. The fraction of sp³-hybridized carbons (Fsp3) is 0.560. The molecule has 1 saturated heterocycles. The Bertz CT molecular complexity index is 1050. The van der Waals surface area contributed by atoms with E-state index in [4.69, 9.17) is 0 Å². The van der Waals surface area contributed by atoms with Crippen LogP contribution >= 0.6 is 11.3 Å². The maximum absolute atomic E-state index is 10.9. The number of aliphatic hydroxyl groups excluding tert-OH is 1. The number of hydrogen-bond acceptors (Lipinski definition) is 7. The second-order valence-corrected chi connectivity index (χ2v) is 10.3. The lowest BCUT2D eigenvalue weighted by Gasteiger charge is -2.40. The van der Waals surface area contributed by atoms with Crippen LogP contribution in [-0.2, 0) is 0 Å². The largest absolute Gasteiger partial charge is 0.378 e. The minimum atomic E-state index is -0.271.